The molecule has 2 rings (SSSR count). The molecule has 0 aliphatic rings. The summed E-state index contributed by atoms with van der Waals surface area (Å²) < 4.78 is 0. The number of carbonyl (C=O) groups excluding carboxylic acids is 1. The van der Waals surface area contributed by atoms with Gasteiger partial charge in [0.15, 0.2) is 0 Å². The highest BCUT2D eigenvalue weighted by Crippen LogP contribution is 2.18. The second kappa shape index (κ2) is 5.03. The summed E-state index contributed by atoms with van der Waals surface area (Å²) in [7, 11) is 0. The van der Waals surface area contributed by atoms with Crippen LogP contribution in [0.2, 0.25) is 0 Å². The van der Waals surface area contributed by atoms with E-state index in [1.165, 1.54) is 4.90 Å². The van der Waals surface area contributed by atoms with Gasteiger partial charge in [0, 0.05) is 22.7 Å². The van der Waals surface area contributed by atoms with Crippen molar-refractivity contribution in [2.75, 3.05) is 13.1 Å². The van der Waals surface area contributed by atoms with Gasteiger partial charge in [-0.2, -0.15) is 10.5 Å². The van der Waals surface area contributed by atoms with E-state index >= 15 is 0 Å². The summed E-state index contributed by atoms with van der Waals surface area (Å²) in [4.78, 5) is 16.5. The molecule has 1 aromatic carbocycles. The van der Waals surface area contributed by atoms with E-state index in [1.807, 2.05) is 18.2 Å². The number of H-pyrrole nitrogens is 1. The van der Waals surface area contributed by atoms with Crippen molar-refractivity contribution in [2.24, 2.45) is 0 Å². The standard InChI is InChI=1S/C13H10N4O/c14-5-8-17(9-6-15)13(18)11-2-1-3-12-10(11)4-7-16-12/h1-4,7,16H,8-9H2. The molecule has 5 nitrogen and oxygen atoms in total. The van der Waals surface area contributed by atoms with Crippen LogP contribution in [0, 0.1) is 22.7 Å². The maximum absolute atomic E-state index is 12.2. The fourth-order valence-electron chi connectivity index (χ4n) is 1.81. The molecule has 0 unspecified atom stereocenters. The number of amides is 1. The Labute approximate surface area is 104 Å². The van der Waals surface area contributed by atoms with E-state index in [1.54, 1.807) is 24.4 Å². The normalized spacial score (nSPS) is 9.67. The lowest BCUT2D eigenvalue weighted by atomic mass is 10.1. The van der Waals surface area contributed by atoms with Crippen molar-refractivity contribution in [2.45, 2.75) is 0 Å². The number of aromatic amines is 1. The highest BCUT2D eigenvalue weighted by atomic mass is 16.2. The third-order valence-electron chi connectivity index (χ3n) is 2.64. The smallest absolute Gasteiger partial charge is 0.256 e. The van der Waals surface area contributed by atoms with E-state index in [0.29, 0.717) is 5.56 Å². The van der Waals surface area contributed by atoms with Crippen molar-refractivity contribution in [1.29, 1.82) is 10.5 Å². The number of carbonyl (C=O) groups is 1. The van der Waals surface area contributed by atoms with Gasteiger partial charge in [0.25, 0.3) is 5.91 Å². The predicted octanol–water partition coefficient (Wildman–Crippen LogP) is 1.66. The van der Waals surface area contributed by atoms with E-state index in [0.717, 1.165) is 10.9 Å². The highest BCUT2D eigenvalue weighted by Gasteiger charge is 2.17. The van der Waals surface area contributed by atoms with Crippen LogP contribution in [-0.2, 0) is 0 Å². The first-order valence-electron chi connectivity index (χ1n) is 5.37. The van der Waals surface area contributed by atoms with Gasteiger partial charge in [-0.25, -0.2) is 0 Å². The molecule has 0 saturated heterocycles. The molecule has 1 heterocycles. The molecule has 88 valence electrons. The molecule has 1 aromatic heterocycles. The van der Waals surface area contributed by atoms with Gasteiger partial charge in [-0.15, -0.1) is 0 Å². The molecule has 0 bridgehead atoms. The lowest BCUT2D eigenvalue weighted by Gasteiger charge is -2.16. The van der Waals surface area contributed by atoms with E-state index < -0.39 is 0 Å². The Morgan fingerprint density at radius 2 is 1.94 bits per heavy atom. The second-order valence-corrected chi connectivity index (χ2v) is 3.72. The van der Waals surface area contributed by atoms with Crippen molar-refractivity contribution in [3.05, 3.63) is 36.0 Å². The van der Waals surface area contributed by atoms with Crippen LogP contribution in [0.3, 0.4) is 0 Å². The van der Waals surface area contributed by atoms with Crippen LogP contribution < -0.4 is 0 Å². The van der Waals surface area contributed by atoms with Crippen LogP contribution in [0.4, 0.5) is 0 Å². The van der Waals surface area contributed by atoms with Crippen LogP contribution in [0.25, 0.3) is 10.9 Å². The first-order chi connectivity index (χ1) is 8.77. The molecule has 0 aliphatic carbocycles. The van der Waals surface area contributed by atoms with E-state index in [4.69, 9.17) is 10.5 Å². The van der Waals surface area contributed by atoms with Crippen molar-refractivity contribution < 1.29 is 4.79 Å². The van der Waals surface area contributed by atoms with Gasteiger partial charge >= 0.3 is 0 Å². The maximum atomic E-state index is 12.2. The van der Waals surface area contributed by atoms with Crippen molar-refractivity contribution in [3.63, 3.8) is 0 Å². The molecule has 1 amide bonds. The number of fused-ring (bicyclic) bond motifs is 1. The Morgan fingerprint density at radius 1 is 1.22 bits per heavy atom. The molecule has 18 heavy (non-hydrogen) atoms. The summed E-state index contributed by atoms with van der Waals surface area (Å²) in [5.74, 6) is -0.302. The average molecular weight is 238 g/mol. The van der Waals surface area contributed by atoms with E-state index in [9.17, 15) is 4.79 Å². The number of hydrogen-bond acceptors (Lipinski definition) is 3. The van der Waals surface area contributed by atoms with Crippen LogP contribution in [0.15, 0.2) is 30.5 Å². The molecule has 0 saturated carbocycles. The monoisotopic (exact) mass is 238 g/mol. The zero-order chi connectivity index (χ0) is 13.0. The highest BCUT2D eigenvalue weighted by molar-refractivity contribution is 6.06. The van der Waals surface area contributed by atoms with Gasteiger partial charge in [-0.05, 0) is 18.2 Å². The SMILES string of the molecule is N#CCN(CC#N)C(=O)c1cccc2[nH]ccc12. The Morgan fingerprint density at radius 3 is 2.61 bits per heavy atom. The topological polar surface area (TPSA) is 83.7 Å². The van der Waals surface area contributed by atoms with Gasteiger partial charge in [0.2, 0.25) is 0 Å². The third kappa shape index (κ3) is 2.02. The molecule has 0 spiro atoms. The first kappa shape index (κ1) is 11.7. The van der Waals surface area contributed by atoms with Crippen LogP contribution in [0.1, 0.15) is 10.4 Å². The Hall–Kier alpha value is -2.79. The average Bonchev–Trinajstić information content (AvgIpc) is 2.85. The predicted molar refractivity (Wildman–Crippen MR) is 65.4 cm³/mol. The van der Waals surface area contributed by atoms with Crippen LogP contribution in [-0.4, -0.2) is 28.9 Å². The lowest BCUT2D eigenvalue weighted by molar-refractivity contribution is 0.0796. The maximum Gasteiger partial charge on any atom is 0.256 e. The molecule has 2 aromatic rings. The Bertz CT molecular complexity index is 643. The molecule has 0 atom stereocenters. The molecule has 0 fully saturated rings. The van der Waals surface area contributed by atoms with Crippen molar-refractivity contribution in [3.8, 4) is 12.1 Å². The minimum Gasteiger partial charge on any atom is -0.361 e. The fourth-order valence-corrected chi connectivity index (χ4v) is 1.81. The van der Waals surface area contributed by atoms with Gasteiger partial charge in [0.1, 0.15) is 13.1 Å². The number of rotatable bonds is 3. The molecule has 0 radical (unpaired) electrons. The summed E-state index contributed by atoms with van der Waals surface area (Å²) in [5, 5.41) is 18.1. The number of nitriles is 2. The zero-order valence-corrected chi connectivity index (χ0v) is 9.55. The van der Waals surface area contributed by atoms with Gasteiger partial charge in [-0.3, -0.25) is 4.79 Å². The summed E-state index contributed by atoms with van der Waals surface area (Å²) in [6.07, 6.45) is 1.75. The zero-order valence-electron chi connectivity index (χ0n) is 9.55. The molecule has 0 aliphatic heterocycles. The van der Waals surface area contributed by atoms with Gasteiger partial charge in [0.05, 0.1) is 12.1 Å². The third-order valence-corrected chi connectivity index (χ3v) is 2.64. The van der Waals surface area contributed by atoms with E-state index in [2.05, 4.69) is 4.98 Å². The summed E-state index contributed by atoms with van der Waals surface area (Å²) in [6, 6.07) is 10.9. The largest absolute Gasteiger partial charge is 0.361 e. The molecular formula is C13H10N4O. The molecule has 1 N–H and O–H groups in total. The summed E-state index contributed by atoms with van der Waals surface area (Å²) in [6.45, 7) is -0.180. The Balaban J connectivity index is 2.41. The van der Waals surface area contributed by atoms with Crippen molar-refractivity contribution >= 4 is 16.8 Å². The number of hydrogen-bond donors (Lipinski definition) is 1. The lowest BCUT2D eigenvalue weighted by Crippen LogP contribution is -2.31. The van der Waals surface area contributed by atoms with Gasteiger partial charge < -0.3 is 9.88 Å². The quantitative estimate of drug-likeness (QED) is 0.825. The van der Waals surface area contributed by atoms with Crippen molar-refractivity contribution in [1.82, 2.24) is 9.88 Å². The molecular weight excluding hydrogens is 228 g/mol. The number of nitrogens with zero attached hydrogens (tertiary/aromatic N) is 3. The minimum absolute atomic E-state index is 0.0901. The number of aromatic nitrogens is 1. The summed E-state index contributed by atoms with van der Waals surface area (Å²) in [5.41, 5.74) is 1.36. The van der Waals surface area contributed by atoms with E-state index in [-0.39, 0.29) is 19.0 Å². The van der Waals surface area contributed by atoms with Crippen LogP contribution in [0.5, 0.6) is 0 Å². The summed E-state index contributed by atoms with van der Waals surface area (Å²) >= 11 is 0. The van der Waals surface area contributed by atoms with Crippen LogP contribution >= 0.6 is 0 Å². The molecule has 5 heteroatoms. The second-order valence-electron chi connectivity index (χ2n) is 3.72. The number of nitrogens with one attached hydrogen (secondary N) is 1. The fraction of sp³-hybridized carbons (Fsp3) is 0.154. The Kier molecular flexibility index (Phi) is 3.26. The number of benzene rings is 1. The minimum atomic E-state index is -0.302. The first-order valence-corrected chi connectivity index (χ1v) is 5.37. The van der Waals surface area contributed by atoms with Gasteiger partial charge in [-0.1, -0.05) is 6.07 Å².